The SMILES string of the molecule is CSc1ccccc1C(=O)Nc1ccc(COCc2ccccc2)cc1. The van der Waals surface area contributed by atoms with Gasteiger partial charge in [-0.3, -0.25) is 4.79 Å². The van der Waals surface area contributed by atoms with Crippen molar-refractivity contribution in [3.8, 4) is 0 Å². The van der Waals surface area contributed by atoms with Crippen LogP contribution in [0.15, 0.2) is 83.8 Å². The summed E-state index contributed by atoms with van der Waals surface area (Å²) in [5.41, 5.74) is 3.69. The predicted octanol–water partition coefficient (Wildman–Crippen LogP) is 5.38. The maximum absolute atomic E-state index is 12.5. The smallest absolute Gasteiger partial charge is 0.256 e. The van der Waals surface area contributed by atoms with Gasteiger partial charge in [0.15, 0.2) is 0 Å². The third kappa shape index (κ3) is 4.97. The largest absolute Gasteiger partial charge is 0.372 e. The van der Waals surface area contributed by atoms with Gasteiger partial charge < -0.3 is 10.1 Å². The van der Waals surface area contributed by atoms with Crippen molar-refractivity contribution in [2.45, 2.75) is 18.1 Å². The summed E-state index contributed by atoms with van der Waals surface area (Å²) in [7, 11) is 0. The van der Waals surface area contributed by atoms with Crippen LogP contribution < -0.4 is 5.32 Å². The van der Waals surface area contributed by atoms with Gasteiger partial charge in [-0.25, -0.2) is 0 Å². The van der Waals surface area contributed by atoms with Gasteiger partial charge in [-0.15, -0.1) is 11.8 Å². The molecule has 26 heavy (non-hydrogen) atoms. The van der Waals surface area contributed by atoms with Crippen molar-refractivity contribution < 1.29 is 9.53 Å². The van der Waals surface area contributed by atoms with Gasteiger partial charge in [-0.1, -0.05) is 54.6 Å². The zero-order valence-corrected chi connectivity index (χ0v) is 15.5. The Kier molecular flexibility index (Phi) is 6.47. The van der Waals surface area contributed by atoms with Crippen LogP contribution in [0, 0.1) is 0 Å². The first kappa shape index (κ1) is 18.2. The second-order valence-electron chi connectivity index (χ2n) is 5.83. The van der Waals surface area contributed by atoms with Gasteiger partial charge in [0.25, 0.3) is 5.91 Å². The summed E-state index contributed by atoms with van der Waals surface area (Å²) in [6, 6.07) is 25.5. The van der Waals surface area contributed by atoms with E-state index in [2.05, 4.69) is 5.32 Å². The molecule has 0 aliphatic carbocycles. The normalized spacial score (nSPS) is 10.5. The van der Waals surface area contributed by atoms with E-state index in [0.717, 1.165) is 21.7 Å². The van der Waals surface area contributed by atoms with Crippen molar-refractivity contribution in [3.05, 3.63) is 95.6 Å². The van der Waals surface area contributed by atoms with Crippen LogP contribution in [0.4, 0.5) is 5.69 Å². The Bertz CT molecular complexity index is 848. The number of carbonyl (C=O) groups is 1. The number of hydrogen-bond acceptors (Lipinski definition) is 3. The van der Waals surface area contributed by atoms with E-state index < -0.39 is 0 Å². The van der Waals surface area contributed by atoms with Gasteiger partial charge in [0.2, 0.25) is 0 Å². The molecule has 0 atom stereocenters. The third-order valence-corrected chi connectivity index (χ3v) is 4.74. The molecule has 0 fully saturated rings. The molecule has 0 bridgehead atoms. The topological polar surface area (TPSA) is 38.3 Å². The highest BCUT2D eigenvalue weighted by Crippen LogP contribution is 2.21. The first-order valence-corrected chi connectivity index (χ1v) is 9.64. The van der Waals surface area contributed by atoms with Crippen LogP contribution in [0.3, 0.4) is 0 Å². The molecule has 3 nitrogen and oxygen atoms in total. The molecule has 0 aliphatic rings. The zero-order valence-electron chi connectivity index (χ0n) is 14.6. The summed E-state index contributed by atoms with van der Waals surface area (Å²) in [6.45, 7) is 1.13. The molecule has 1 amide bonds. The van der Waals surface area contributed by atoms with Gasteiger partial charge in [-0.2, -0.15) is 0 Å². The quantitative estimate of drug-likeness (QED) is 0.573. The number of amides is 1. The molecule has 3 aromatic carbocycles. The fraction of sp³-hybridized carbons (Fsp3) is 0.136. The number of nitrogens with one attached hydrogen (secondary N) is 1. The average molecular weight is 363 g/mol. The van der Waals surface area contributed by atoms with Crippen LogP contribution in [-0.4, -0.2) is 12.2 Å². The highest BCUT2D eigenvalue weighted by atomic mass is 32.2. The highest BCUT2D eigenvalue weighted by molar-refractivity contribution is 7.98. The first-order valence-electron chi connectivity index (χ1n) is 8.41. The number of anilines is 1. The Morgan fingerprint density at radius 1 is 0.846 bits per heavy atom. The summed E-state index contributed by atoms with van der Waals surface area (Å²) in [5, 5.41) is 2.95. The van der Waals surface area contributed by atoms with Crippen molar-refractivity contribution in [1.82, 2.24) is 0 Å². The summed E-state index contributed by atoms with van der Waals surface area (Å²) in [4.78, 5) is 13.4. The van der Waals surface area contributed by atoms with Crippen LogP contribution >= 0.6 is 11.8 Å². The summed E-state index contributed by atoms with van der Waals surface area (Å²) in [6.07, 6.45) is 1.97. The van der Waals surface area contributed by atoms with Crippen LogP contribution in [-0.2, 0) is 18.0 Å². The van der Waals surface area contributed by atoms with E-state index in [-0.39, 0.29) is 5.91 Å². The molecule has 0 spiro atoms. The lowest BCUT2D eigenvalue weighted by Crippen LogP contribution is -2.12. The summed E-state index contributed by atoms with van der Waals surface area (Å²) in [5.74, 6) is -0.0944. The van der Waals surface area contributed by atoms with E-state index in [1.807, 2.05) is 85.1 Å². The number of thioether (sulfide) groups is 1. The van der Waals surface area contributed by atoms with E-state index in [0.29, 0.717) is 18.8 Å². The fourth-order valence-electron chi connectivity index (χ4n) is 2.58. The molecular weight excluding hydrogens is 342 g/mol. The maximum Gasteiger partial charge on any atom is 0.256 e. The minimum absolute atomic E-state index is 0.0944. The Morgan fingerprint density at radius 2 is 1.46 bits per heavy atom. The molecule has 3 aromatic rings. The lowest BCUT2D eigenvalue weighted by Gasteiger charge is -2.09. The second kappa shape index (κ2) is 9.22. The van der Waals surface area contributed by atoms with Gasteiger partial charge in [0, 0.05) is 10.6 Å². The molecule has 0 saturated carbocycles. The van der Waals surface area contributed by atoms with Crippen LogP contribution in [0.2, 0.25) is 0 Å². The molecule has 1 N–H and O–H groups in total. The molecule has 0 heterocycles. The predicted molar refractivity (Wildman–Crippen MR) is 108 cm³/mol. The van der Waals surface area contributed by atoms with Gasteiger partial charge in [0.1, 0.15) is 0 Å². The Labute approximate surface area is 158 Å². The van der Waals surface area contributed by atoms with Crippen molar-refractivity contribution >= 4 is 23.4 Å². The van der Waals surface area contributed by atoms with Crippen molar-refractivity contribution in [2.24, 2.45) is 0 Å². The molecule has 4 heteroatoms. The van der Waals surface area contributed by atoms with Crippen molar-refractivity contribution in [3.63, 3.8) is 0 Å². The van der Waals surface area contributed by atoms with Gasteiger partial charge in [0.05, 0.1) is 18.8 Å². The molecule has 0 radical (unpaired) electrons. The molecule has 0 aliphatic heterocycles. The summed E-state index contributed by atoms with van der Waals surface area (Å²) >= 11 is 1.57. The lowest BCUT2D eigenvalue weighted by atomic mass is 10.2. The Hall–Kier alpha value is -2.56. The minimum Gasteiger partial charge on any atom is -0.372 e. The van der Waals surface area contributed by atoms with Crippen molar-refractivity contribution in [2.75, 3.05) is 11.6 Å². The van der Waals surface area contributed by atoms with Crippen LogP contribution in [0.25, 0.3) is 0 Å². The van der Waals surface area contributed by atoms with E-state index in [1.165, 1.54) is 0 Å². The molecule has 132 valence electrons. The van der Waals surface area contributed by atoms with E-state index in [9.17, 15) is 4.79 Å². The fourth-order valence-corrected chi connectivity index (χ4v) is 3.17. The molecule has 0 saturated heterocycles. The van der Waals surface area contributed by atoms with Crippen LogP contribution in [0.5, 0.6) is 0 Å². The number of benzene rings is 3. The van der Waals surface area contributed by atoms with Crippen molar-refractivity contribution in [1.29, 1.82) is 0 Å². The summed E-state index contributed by atoms with van der Waals surface area (Å²) < 4.78 is 5.74. The van der Waals surface area contributed by atoms with E-state index >= 15 is 0 Å². The van der Waals surface area contributed by atoms with Gasteiger partial charge in [-0.05, 0) is 41.6 Å². The standard InChI is InChI=1S/C22H21NO2S/c1-26-21-10-6-5-9-20(21)22(24)23-19-13-11-18(12-14-19)16-25-15-17-7-3-2-4-8-17/h2-14H,15-16H2,1H3,(H,23,24). The lowest BCUT2D eigenvalue weighted by molar-refractivity contribution is 0.102. The molecule has 0 unspecified atom stereocenters. The zero-order chi connectivity index (χ0) is 18.2. The van der Waals surface area contributed by atoms with E-state index in [4.69, 9.17) is 4.74 Å². The number of rotatable bonds is 7. The Morgan fingerprint density at radius 3 is 2.15 bits per heavy atom. The molecule has 0 aromatic heterocycles. The third-order valence-electron chi connectivity index (χ3n) is 3.94. The number of carbonyl (C=O) groups excluding carboxylic acids is 1. The van der Waals surface area contributed by atoms with E-state index in [1.54, 1.807) is 11.8 Å². The monoisotopic (exact) mass is 363 g/mol. The molecular formula is C22H21NO2S. The highest BCUT2D eigenvalue weighted by Gasteiger charge is 2.10. The average Bonchev–Trinajstić information content (AvgIpc) is 2.70. The second-order valence-corrected chi connectivity index (χ2v) is 6.68. The first-order chi connectivity index (χ1) is 12.8. The maximum atomic E-state index is 12.5. The van der Waals surface area contributed by atoms with Gasteiger partial charge >= 0.3 is 0 Å². The minimum atomic E-state index is -0.0944. The number of ether oxygens (including phenoxy) is 1. The number of hydrogen-bond donors (Lipinski definition) is 1. The molecule has 3 rings (SSSR count). The van der Waals surface area contributed by atoms with Crippen LogP contribution in [0.1, 0.15) is 21.5 Å². The Balaban J connectivity index is 1.55.